The van der Waals surface area contributed by atoms with E-state index in [-0.39, 0.29) is 5.91 Å². The molecule has 1 heterocycles. The average molecular weight is 362 g/mol. The average Bonchev–Trinajstić information content (AvgIpc) is 2.93. The van der Waals surface area contributed by atoms with E-state index in [2.05, 4.69) is 43.0 Å². The molecule has 1 aromatic heterocycles. The summed E-state index contributed by atoms with van der Waals surface area (Å²) in [5, 5.41) is 0. The molecule has 0 atom stereocenters. The van der Waals surface area contributed by atoms with E-state index in [9.17, 15) is 4.79 Å². The first kappa shape index (κ1) is 18.2. The molecule has 0 aliphatic carbocycles. The third-order valence-corrected chi connectivity index (χ3v) is 5.36. The number of thiazole rings is 1. The van der Waals surface area contributed by atoms with Crippen LogP contribution in [0.4, 0.5) is 0 Å². The Morgan fingerprint density at radius 3 is 2.62 bits per heavy atom. The van der Waals surface area contributed by atoms with Crippen molar-refractivity contribution in [1.82, 2.24) is 4.57 Å². The molecule has 4 heteroatoms. The highest BCUT2D eigenvalue weighted by atomic mass is 32.1. The van der Waals surface area contributed by atoms with Crippen molar-refractivity contribution < 1.29 is 4.79 Å². The summed E-state index contributed by atoms with van der Waals surface area (Å²) in [6, 6.07) is 14.3. The lowest BCUT2D eigenvalue weighted by Crippen LogP contribution is -2.17. The first-order valence-electron chi connectivity index (χ1n) is 8.68. The van der Waals surface area contributed by atoms with Crippen LogP contribution in [0.25, 0.3) is 10.2 Å². The van der Waals surface area contributed by atoms with Crippen molar-refractivity contribution in [2.24, 2.45) is 4.99 Å². The molecule has 0 fully saturated rings. The highest BCUT2D eigenvalue weighted by Gasteiger charge is 2.10. The van der Waals surface area contributed by atoms with E-state index in [4.69, 9.17) is 6.42 Å². The molecule has 0 aliphatic rings. The molecule has 0 aliphatic heterocycles. The number of carbonyl (C=O) groups is 1. The lowest BCUT2D eigenvalue weighted by atomic mass is 10.0. The molecule has 0 saturated heterocycles. The predicted octanol–water partition coefficient (Wildman–Crippen LogP) is 4.44. The zero-order valence-electron chi connectivity index (χ0n) is 15.3. The van der Waals surface area contributed by atoms with E-state index in [1.807, 2.05) is 35.8 Å². The molecule has 0 saturated carbocycles. The van der Waals surface area contributed by atoms with Gasteiger partial charge in [0.25, 0.3) is 5.91 Å². The molecule has 3 nitrogen and oxygen atoms in total. The molecule has 0 bridgehead atoms. The van der Waals surface area contributed by atoms with Crippen LogP contribution in [0.15, 0.2) is 47.5 Å². The van der Waals surface area contributed by atoms with Crippen LogP contribution in [-0.2, 0) is 17.8 Å². The Balaban J connectivity index is 2.00. The molecule has 0 radical (unpaired) electrons. The van der Waals surface area contributed by atoms with Crippen LogP contribution in [0.5, 0.6) is 0 Å². The van der Waals surface area contributed by atoms with Crippen LogP contribution >= 0.6 is 11.3 Å². The lowest BCUT2D eigenvalue weighted by Gasteiger charge is -2.05. The summed E-state index contributed by atoms with van der Waals surface area (Å²) in [5.74, 6) is 2.96. The van der Waals surface area contributed by atoms with Gasteiger partial charge in [-0.15, -0.1) is 6.42 Å². The number of aromatic nitrogens is 1. The van der Waals surface area contributed by atoms with Crippen LogP contribution in [0.2, 0.25) is 0 Å². The normalized spacial score (nSPS) is 11.9. The fraction of sp³-hybridized carbons (Fsp3) is 0.273. The molecular formula is C22H22N2OS. The van der Waals surface area contributed by atoms with Gasteiger partial charge in [-0.2, -0.15) is 4.99 Å². The Kier molecular flexibility index (Phi) is 5.39. The third-order valence-electron chi connectivity index (χ3n) is 4.32. The SMILES string of the molecule is C#CCn1c(=NC(=O)Cc2ccc(C)cc2)sc2cc(C(C)C)ccc21. The number of benzene rings is 2. The summed E-state index contributed by atoms with van der Waals surface area (Å²) in [4.78, 5) is 17.5. The van der Waals surface area contributed by atoms with E-state index >= 15 is 0 Å². The molecule has 26 heavy (non-hydrogen) atoms. The van der Waals surface area contributed by atoms with E-state index in [0.29, 0.717) is 23.7 Å². The topological polar surface area (TPSA) is 34.4 Å². The summed E-state index contributed by atoms with van der Waals surface area (Å²) in [6.45, 7) is 6.76. The van der Waals surface area contributed by atoms with Crippen molar-refractivity contribution in [3.05, 3.63) is 64.0 Å². The molecule has 132 valence electrons. The summed E-state index contributed by atoms with van der Waals surface area (Å²) in [6.07, 6.45) is 5.83. The number of amides is 1. The minimum Gasteiger partial charge on any atom is -0.305 e. The maximum Gasteiger partial charge on any atom is 0.252 e. The molecule has 3 aromatic rings. The maximum absolute atomic E-state index is 12.5. The fourth-order valence-corrected chi connectivity index (χ4v) is 3.90. The van der Waals surface area contributed by atoms with Gasteiger partial charge in [-0.05, 0) is 36.1 Å². The van der Waals surface area contributed by atoms with Gasteiger partial charge in [0.1, 0.15) is 0 Å². The van der Waals surface area contributed by atoms with Gasteiger partial charge in [0.15, 0.2) is 4.80 Å². The predicted molar refractivity (Wildman–Crippen MR) is 108 cm³/mol. The molecule has 0 spiro atoms. The van der Waals surface area contributed by atoms with E-state index in [1.54, 1.807) is 0 Å². The second-order valence-electron chi connectivity index (χ2n) is 6.72. The van der Waals surface area contributed by atoms with Crippen molar-refractivity contribution in [3.63, 3.8) is 0 Å². The van der Waals surface area contributed by atoms with Crippen LogP contribution in [-0.4, -0.2) is 10.5 Å². The standard InChI is InChI=1S/C22H22N2OS/c1-5-12-24-19-11-10-18(15(2)3)14-20(19)26-22(24)23-21(25)13-17-8-6-16(4)7-9-17/h1,6-11,14-15H,12-13H2,2-4H3. The van der Waals surface area contributed by atoms with Crippen LogP contribution < -0.4 is 4.80 Å². The van der Waals surface area contributed by atoms with E-state index < -0.39 is 0 Å². The number of terminal acetylenes is 1. The van der Waals surface area contributed by atoms with Gasteiger partial charge in [-0.25, -0.2) is 0 Å². The number of carbonyl (C=O) groups excluding carboxylic acids is 1. The molecular weight excluding hydrogens is 340 g/mol. The maximum atomic E-state index is 12.5. The highest BCUT2D eigenvalue weighted by molar-refractivity contribution is 7.16. The Morgan fingerprint density at radius 2 is 1.96 bits per heavy atom. The minimum atomic E-state index is -0.157. The molecule has 3 rings (SSSR count). The number of hydrogen-bond acceptors (Lipinski definition) is 2. The third kappa shape index (κ3) is 3.95. The summed E-state index contributed by atoms with van der Waals surface area (Å²) >= 11 is 1.52. The van der Waals surface area contributed by atoms with Gasteiger partial charge in [-0.1, -0.05) is 67.0 Å². The van der Waals surface area contributed by atoms with Crippen molar-refractivity contribution in [3.8, 4) is 12.3 Å². The second kappa shape index (κ2) is 7.72. The molecule has 0 N–H and O–H groups in total. The van der Waals surface area contributed by atoms with Crippen molar-refractivity contribution in [2.45, 2.75) is 39.7 Å². The summed E-state index contributed by atoms with van der Waals surface area (Å²) < 4.78 is 3.05. The number of fused-ring (bicyclic) bond motifs is 1. The first-order chi connectivity index (χ1) is 12.5. The largest absolute Gasteiger partial charge is 0.305 e. The van der Waals surface area contributed by atoms with Crippen molar-refractivity contribution in [2.75, 3.05) is 0 Å². The Morgan fingerprint density at radius 1 is 1.23 bits per heavy atom. The van der Waals surface area contributed by atoms with Gasteiger partial charge in [0, 0.05) is 0 Å². The Bertz CT molecular complexity index is 1050. The van der Waals surface area contributed by atoms with Gasteiger partial charge < -0.3 is 4.57 Å². The summed E-state index contributed by atoms with van der Waals surface area (Å²) in [7, 11) is 0. The van der Waals surface area contributed by atoms with Gasteiger partial charge in [0.2, 0.25) is 0 Å². The number of aryl methyl sites for hydroxylation is 1. The number of rotatable bonds is 4. The zero-order valence-corrected chi connectivity index (χ0v) is 16.1. The Labute approximate surface area is 158 Å². The lowest BCUT2D eigenvalue weighted by molar-refractivity contribution is -0.117. The first-order valence-corrected chi connectivity index (χ1v) is 9.49. The van der Waals surface area contributed by atoms with E-state index in [1.165, 1.54) is 22.5 Å². The quantitative estimate of drug-likeness (QED) is 0.632. The van der Waals surface area contributed by atoms with Gasteiger partial charge >= 0.3 is 0 Å². The minimum absolute atomic E-state index is 0.157. The fourth-order valence-electron chi connectivity index (χ4n) is 2.81. The second-order valence-corrected chi connectivity index (χ2v) is 7.73. The monoisotopic (exact) mass is 362 g/mol. The van der Waals surface area contributed by atoms with Crippen LogP contribution in [0, 0.1) is 19.3 Å². The number of nitrogens with zero attached hydrogens (tertiary/aromatic N) is 2. The number of hydrogen-bond donors (Lipinski definition) is 0. The molecule has 2 aromatic carbocycles. The van der Waals surface area contributed by atoms with Crippen molar-refractivity contribution >= 4 is 27.5 Å². The van der Waals surface area contributed by atoms with Crippen molar-refractivity contribution in [1.29, 1.82) is 0 Å². The van der Waals surface area contributed by atoms with E-state index in [0.717, 1.165) is 15.8 Å². The smallest absolute Gasteiger partial charge is 0.252 e. The van der Waals surface area contributed by atoms with Crippen LogP contribution in [0.1, 0.15) is 36.5 Å². The zero-order chi connectivity index (χ0) is 18.7. The highest BCUT2D eigenvalue weighted by Crippen LogP contribution is 2.23. The Hall–Kier alpha value is -2.64. The molecule has 0 unspecified atom stereocenters. The van der Waals surface area contributed by atoms with Crippen LogP contribution in [0.3, 0.4) is 0 Å². The van der Waals surface area contributed by atoms with Gasteiger partial charge in [0.05, 0.1) is 23.2 Å². The summed E-state index contributed by atoms with van der Waals surface area (Å²) in [5.41, 5.74) is 4.44. The van der Waals surface area contributed by atoms with Gasteiger partial charge in [-0.3, -0.25) is 4.79 Å². The molecule has 1 amide bonds.